The van der Waals surface area contributed by atoms with Gasteiger partial charge in [-0.2, -0.15) is 0 Å². The molecule has 236 valence electrons. The molecule has 0 bridgehead atoms. The monoisotopic (exact) mass is 602 g/mol. The van der Waals surface area contributed by atoms with Crippen molar-refractivity contribution >= 4 is 17.9 Å². The van der Waals surface area contributed by atoms with Gasteiger partial charge in [0, 0.05) is 12.8 Å². The molecule has 0 aliphatic heterocycles. The molecule has 3 rings (SSSR count). The second-order valence-electron chi connectivity index (χ2n) is 11.0. The number of hydrogen-bond donors (Lipinski definition) is 0. The number of rotatable bonds is 19. The zero-order valence-electron chi connectivity index (χ0n) is 26.3. The van der Waals surface area contributed by atoms with Crippen LogP contribution in [0, 0.1) is 0 Å². The lowest BCUT2D eigenvalue weighted by molar-refractivity contribution is -0.144. The molecule has 0 N–H and O–H groups in total. The Morgan fingerprint density at radius 2 is 1.18 bits per heavy atom. The van der Waals surface area contributed by atoms with Gasteiger partial charge < -0.3 is 18.9 Å². The van der Waals surface area contributed by atoms with E-state index in [1.165, 1.54) is 12.8 Å². The maximum Gasteiger partial charge on any atom is 0.343 e. The number of carbonyl (C=O) groups excluding carboxylic acids is 3. The highest BCUT2D eigenvalue weighted by Gasteiger charge is 2.13. The summed E-state index contributed by atoms with van der Waals surface area (Å²) in [6.45, 7) is 6.95. The summed E-state index contributed by atoms with van der Waals surface area (Å²) in [7, 11) is 0. The molecule has 1 atom stereocenters. The van der Waals surface area contributed by atoms with Crippen molar-refractivity contribution < 1.29 is 33.3 Å². The summed E-state index contributed by atoms with van der Waals surface area (Å²) in [6, 6.07) is 21.3. The summed E-state index contributed by atoms with van der Waals surface area (Å²) in [4.78, 5) is 36.8. The minimum Gasteiger partial charge on any atom is -0.493 e. The molecule has 0 heterocycles. The quantitative estimate of drug-likeness (QED) is 0.0768. The summed E-state index contributed by atoms with van der Waals surface area (Å²) >= 11 is 0. The van der Waals surface area contributed by atoms with E-state index < -0.39 is 5.97 Å². The van der Waals surface area contributed by atoms with Gasteiger partial charge in [0.1, 0.15) is 11.5 Å². The number of hydrogen-bond acceptors (Lipinski definition) is 7. The van der Waals surface area contributed by atoms with Crippen LogP contribution in [0.3, 0.4) is 0 Å². The second-order valence-corrected chi connectivity index (χ2v) is 11.0. The molecule has 0 saturated carbocycles. The van der Waals surface area contributed by atoms with Crippen molar-refractivity contribution in [2.24, 2.45) is 0 Å². The minimum absolute atomic E-state index is 0.102. The maximum atomic E-state index is 12.6. The molecular weight excluding hydrogens is 556 g/mol. The molecule has 0 saturated heterocycles. The van der Waals surface area contributed by atoms with Crippen LogP contribution in [0.1, 0.15) is 106 Å². The van der Waals surface area contributed by atoms with Gasteiger partial charge >= 0.3 is 17.9 Å². The Balaban J connectivity index is 1.41. The third-order valence-electron chi connectivity index (χ3n) is 7.19. The standard InChI is InChI=1S/C37H46O7/c1-4-6-8-10-12-28(3)43-36(39)31-16-14-29(15-17-31)30-18-24-34(25-19-30)44-37(40)32-20-22-33(23-21-32)41-26-11-27-42-35(38)13-9-7-5-2/h14-25,28H,4-13,26-27H2,1-3H3/t28-/m0/s1. The Morgan fingerprint density at radius 1 is 0.614 bits per heavy atom. The second kappa shape index (κ2) is 19.2. The topological polar surface area (TPSA) is 88.1 Å². The number of carbonyl (C=O) groups is 3. The first-order valence-electron chi connectivity index (χ1n) is 15.9. The van der Waals surface area contributed by atoms with Crippen molar-refractivity contribution in [3.8, 4) is 22.6 Å². The van der Waals surface area contributed by atoms with E-state index in [0.717, 1.165) is 49.7 Å². The molecule has 0 unspecified atom stereocenters. The molecule has 44 heavy (non-hydrogen) atoms. The van der Waals surface area contributed by atoms with Crippen molar-refractivity contribution in [2.75, 3.05) is 13.2 Å². The minimum atomic E-state index is -0.471. The van der Waals surface area contributed by atoms with E-state index in [1.54, 1.807) is 48.5 Å². The van der Waals surface area contributed by atoms with E-state index in [1.807, 2.05) is 31.2 Å². The lowest BCUT2D eigenvalue weighted by Gasteiger charge is -2.13. The van der Waals surface area contributed by atoms with E-state index in [-0.39, 0.29) is 18.0 Å². The summed E-state index contributed by atoms with van der Waals surface area (Å²) in [5.41, 5.74) is 2.80. The number of esters is 3. The van der Waals surface area contributed by atoms with Gasteiger partial charge in [-0.05, 0) is 85.8 Å². The zero-order chi connectivity index (χ0) is 31.6. The fourth-order valence-electron chi connectivity index (χ4n) is 4.56. The van der Waals surface area contributed by atoms with Crippen LogP contribution < -0.4 is 9.47 Å². The SMILES string of the molecule is CCCCCC[C@H](C)OC(=O)c1ccc(-c2ccc(OC(=O)c3ccc(OCCCOC(=O)CCCCC)cc3)cc2)cc1. The van der Waals surface area contributed by atoms with Gasteiger partial charge in [-0.15, -0.1) is 0 Å². The van der Waals surface area contributed by atoms with Gasteiger partial charge in [0.15, 0.2) is 0 Å². The lowest BCUT2D eigenvalue weighted by Crippen LogP contribution is -2.15. The first-order chi connectivity index (χ1) is 21.4. The molecule has 7 heteroatoms. The summed E-state index contributed by atoms with van der Waals surface area (Å²) in [5, 5.41) is 0. The molecule has 3 aromatic carbocycles. The molecule has 7 nitrogen and oxygen atoms in total. The number of ether oxygens (including phenoxy) is 4. The van der Waals surface area contributed by atoms with Gasteiger partial charge in [-0.25, -0.2) is 9.59 Å². The fraction of sp³-hybridized carbons (Fsp3) is 0.432. The third kappa shape index (κ3) is 12.2. The number of unbranched alkanes of at least 4 members (excludes halogenated alkanes) is 5. The van der Waals surface area contributed by atoms with Crippen molar-refractivity contribution in [2.45, 2.75) is 91.1 Å². The van der Waals surface area contributed by atoms with Crippen molar-refractivity contribution in [1.29, 1.82) is 0 Å². The molecular formula is C37H46O7. The van der Waals surface area contributed by atoms with E-state index >= 15 is 0 Å². The zero-order valence-corrected chi connectivity index (χ0v) is 26.3. The molecule has 0 spiro atoms. The van der Waals surface area contributed by atoms with Crippen LogP contribution in [0.5, 0.6) is 11.5 Å². The molecule has 0 fully saturated rings. The van der Waals surface area contributed by atoms with Gasteiger partial charge in [-0.1, -0.05) is 70.2 Å². The highest BCUT2D eigenvalue weighted by Crippen LogP contribution is 2.24. The van der Waals surface area contributed by atoms with Crippen LogP contribution >= 0.6 is 0 Å². The Bertz CT molecular complexity index is 1280. The van der Waals surface area contributed by atoms with Gasteiger partial charge in [-0.3, -0.25) is 4.79 Å². The highest BCUT2D eigenvalue weighted by atomic mass is 16.5. The van der Waals surface area contributed by atoms with E-state index in [0.29, 0.717) is 48.7 Å². The first kappa shape index (κ1) is 34.4. The summed E-state index contributed by atoms with van der Waals surface area (Å²) < 4.78 is 22.0. The average molecular weight is 603 g/mol. The molecule has 0 aliphatic carbocycles. The first-order valence-corrected chi connectivity index (χ1v) is 15.9. The molecule has 0 aliphatic rings. The predicted molar refractivity (Wildman–Crippen MR) is 172 cm³/mol. The highest BCUT2D eigenvalue weighted by molar-refractivity contribution is 5.91. The molecule has 3 aromatic rings. The van der Waals surface area contributed by atoms with Crippen molar-refractivity contribution in [3.63, 3.8) is 0 Å². The van der Waals surface area contributed by atoms with E-state index in [2.05, 4.69) is 13.8 Å². The third-order valence-corrected chi connectivity index (χ3v) is 7.19. The van der Waals surface area contributed by atoms with Crippen molar-refractivity contribution in [1.82, 2.24) is 0 Å². The maximum absolute atomic E-state index is 12.6. The van der Waals surface area contributed by atoms with Crippen LogP contribution in [0.25, 0.3) is 11.1 Å². The molecule has 0 aromatic heterocycles. The largest absolute Gasteiger partial charge is 0.493 e. The smallest absolute Gasteiger partial charge is 0.343 e. The normalized spacial score (nSPS) is 11.4. The van der Waals surface area contributed by atoms with Gasteiger partial charge in [0.25, 0.3) is 0 Å². The Hall–Kier alpha value is -4.13. The van der Waals surface area contributed by atoms with Crippen LogP contribution in [-0.2, 0) is 14.3 Å². The van der Waals surface area contributed by atoms with Crippen LogP contribution in [0.4, 0.5) is 0 Å². The number of benzene rings is 3. The van der Waals surface area contributed by atoms with Gasteiger partial charge in [0.05, 0.1) is 30.4 Å². The average Bonchev–Trinajstić information content (AvgIpc) is 3.04. The van der Waals surface area contributed by atoms with Gasteiger partial charge in [0.2, 0.25) is 0 Å². The van der Waals surface area contributed by atoms with E-state index in [4.69, 9.17) is 18.9 Å². The molecule has 0 amide bonds. The molecule has 0 radical (unpaired) electrons. The van der Waals surface area contributed by atoms with E-state index in [9.17, 15) is 14.4 Å². The summed E-state index contributed by atoms with van der Waals surface area (Å²) in [5.74, 6) is 0.105. The predicted octanol–water partition coefficient (Wildman–Crippen LogP) is 8.98. The van der Waals surface area contributed by atoms with Crippen LogP contribution in [-0.4, -0.2) is 37.2 Å². The van der Waals surface area contributed by atoms with Crippen LogP contribution in [0.15, 0.2) is 72.8 Å². The Kier molecular flexibility index (Phi) is 15.0. The Labute approximate surface area is 261 Å². The van der Waals surface area contributed by atoms with Crippen LogP contribution in [0.2, 0.25) is 0 Å². The fourth-order valence-corrected chi connectivity index (χ4v) is 4.56. The Morgan fingerprint density at radius 3 is 1.84 bits per heavy atom. The van der Waals surface area contributed by atoms with Crippen molar-refractivity contribution in [3.05, 3.63) is 83.9 Å². The lowest BCUT2D eigenvalue weighted by atomic mass is 10.0. The summed E-state index contributed by atoms with van der Waals surface area (Å²) in [6.07, 6.45) is 9.41.